The third kappa shape index (κ3) is 2.62. The van der Waals surface area contributed by atoms with Crippen molar-refractivity contribution in [3.05, 3.63) is 29.5 Å². The summed E-state index contributed by atoms with van der Waals surface area (Å²) in [7, 11) is 1.55. The number of fused-ring (bicyclic) bond motifs is 3. The zero-order valence-electron chi connectivity index (χ0n) is 12.1. The predicted molar refractivity (Wildman–Crippen MR) is 79.8 cm³/mol. The number of hydrogen-bond acceptors (Lipinski definition) is 4. The highest BCUT2D eigenvalue weighted by atomic mass is 16.5. The molecule has 0 spiro atoms. The second-order valence-electron chi connectivity index (χ2n) is 5.23. The number of carboxylic acids is 1. The van der Waals surface area contributed by atoms with Crippen LogP contribution in [0.25, 0.3) is 10.9 Å². The Bertz CT molecular complexity index is 738. The first-order chi connectivity index (χ1) is 10.6. The van der Waals surface area contributed by atoms with Gasteiger partial charge in [-0.2, -0.15) is 0 Å². The Labute approximate surface area is 126 Å². The first kappa shape index (κ1) is 14.4. The minimum absolute atomic E-state index is 0.0477. The first-order valence-corrected chi connectivity index (χ1v) is 7.01. The highest BCUT2D eigenvalue weighted by molar-refractivity contribution is 5.87. The molecule has 1 aromatic carbocycles. The molecule has 4 N–H and O–H groups in total. The Balaban J connectivity index is 1.89. The van der Waals surface area contributed by atoms with Gasteiger partial charge >= 0.3 is 5.97 Å². The van der Waals surface area contributed by atoms with Crippen LogP contribution < -0.4 is 15.4 Å². The molecule has 7 heteroatoms. The number of aromatic amines is 1. The largest absolute Gasteiger partial charge is 0.484 e. The van der Waals surface area contributed by atoms with Crippen LogP contribution in [0.4, 0.5) is 0 Å². The number of aliphatic carboxylic acids is 1. The van der Waals surface area contributed by atoms with Crippen LogP contribution in [0, 0.1) is 0 Å². The average molecular weight is 303 g/mol. The minimum Gasteiger partial charge on any atom is -0.484 e. The van der Waals surface area contributed by atoms with Gasteiger partial charge in [0.25, 0.3) is 5.91 Å². The van der Waals surface area contributed by atoms with Crippen LogP contribution >= 0.6 is 0 Å². The summed E-state index contributed by atoms with van der Waals surface area (Å²) in [5, 5.41) is 15.6. The topological polar surface area (TPSA) is 103 Å². The van der Waals surface area contributed by atoms with Crippen molar-refractivity contribution < 1.29 is 19.4 Å². The Morgan fingerprint density at radius 2 is 2.27 bits per heavy atom. The molecule has 0 bridgehead atoms. The Hall–Kier alpha value is -2.54. The Morgan fingerprint density at radius 3 is 3.00 bits per heavy atom. The maximum absolute atomic E-state index is 11.2. The molecule has 116 valence electrons. The maximum Gasteiger partial charge on any atom is 0.321 e. The molecule has 1 aliphatic heterocycles. The van der Waals surface area contributed by atoms with Gasteiger partial charge in [0.05, 0.1) is 0 Å². The second kappa shape index (κ2) is 5.69. The van der Waals surface area contributed by atoms with Crippen molar-refractivity contribution in [2.75, 3.05) is 13.7 Å². The summed E-state index contributed by atoms with van der Waals surface area (Å²) in [6, 6.07) is 4.93. The molecule has 1 unspecified atom stereocenters. The molecule has 1 atom stereocenters. The molecular weight excluding hydrogens is 286 g/mol. The lowest BCUT2D eigenvalue weighted by atomic mass is 9.98. The molecule has 2 aromatic rings. The number of likely N-dealkylation sites (N-methyl/N-ethyl adjacent to an activating group) is 1. The van der Waals surface area contributed by atoms with Gasteiger partial charge in [0.15, 0.2) is 6.61 Å². The van der Waals surface area contributed by atoms with E-state index in [4.69, 9.17) is 9.84 Å². The number of carbonyl (C=O) groups is 2. The summed E-state index contributed by atoms with van der Waals surface area (Å²) in [6.07, 6.45) is 0.420. The summed E-state index contributed by atoms with van der Waals surface area (Å²) in [5.74, 6) is -0.471. The molecule has 7 nitrogen and oxygen atoms in total. The number of carbonyl (C=O) groups excluding carboxylic acids is 1. The van der Waals surface area contributed by atoms with Gasteiger partial charge in [-0.05, 0) is 23.8 Å². The van der Waals surface area contributed by atoms with Crippen LogP contribution in [-0.4, -0.2) is 41.7 Å². The van der Waals surface area contributed by atoms with Crippen molar-refractivity contribution in [2.45, 2.75) is 19.0 Å². The number of ether oxygens (including phenoxy) is 1. The standard InChI is InChI=1S/C15H17N3O4/c1-16-14(19)7-22-8-2-3-11-9(4-8)10-5-12(15(20)21)17-6-13(10)18-11/h2-4,12,17-18H,5-7H2,1H3,(H,16,19)(H,20,21). The number of nitrogens with one attached hydrogen (secondary N) is 3. The lowest BCUT2D eigenvalue weighted by molar-refractivity contribution is -0.139. The number of benzene rings is 1. The SMILES string of the molecule is CNC(=O)COc1ccc2[nH]c3c(c2c1)CC(C(=O)O)NC3. The summed E-state index contributed by atoms with van der Waals surface area (Å²) >= 11 is 0. The van der Waals surface area contributed by atoms with Gasteiger partial charge in [-0.25, -0.2) is 0 Å². The first-order valence-electron chi connectivity index (χ1n) is 7.01. The Kier molecular flexibility index (Phi) is 3.72. The van der Waals surface area contributed by atoms with Crippen LogP contribution in [0.3, 0.4) is 0 Å². The van der Waals surface area contributed by atoms with Gasteiger partial charge in [0.2, 0.25) is 0 Å². The van der Waals surface area contributed by atoms with Gasteiger partial charge in [-0.15, -0.1) is 0 Å². The molecule has 0 saturated heterocycles. The van der Waals surface area contributed by atoms with Crippen molar-refractivity contribution in [1.29, 1.82) is 0 Å². The zero-order chi connectivity index (χ0) is 15.7. The quantitative estimate of drug-likeness (QED) is 0.654. The van der Waals surface area contributed by atoms with E-state index >= 15 is 0 Å². The molecule has 0 aliphatic carbocycles. The number of H-pyrrole nitrogens is 1. The van der Waals surface area contributed by atoms with Crippen LogP contribution in [0.15, 0.2) is 18.2 Å². The molecule has 22 heavy (non-hydrogen) atoms. The van der Waals surface area contributed by atoms with Crippen LogP contribution in [0.1, 0.15) is 11.3 Å². The second-order valence-corrected chi connectivity index (χ2v) is 5.23. The van der Waals surface area contributed by atoms with Gasteiger partial charge in [0.1, 0.15) is 11.8 Å². The summed E-state index contributed by atoms with van der Waals surface area (Å²) in [5.41, 5.74) is 2.92. The van der Waals surface area contributed by atoms with E-state index in [0.29, 0.717) is 18.7 Å². The highest BCUT2D eigenvalue weighted by Crippen LogP contribution is 2.29. The molecule has 3 rings (SSSR count). The van der Waals surface area contributed by atoms with Crippen molar-refractivity contribution >= 4 is 22.8 Å². The van der Waals surface area contributed by atoms with E-state index < -0.39 is 12.0 Å². The van der Waals surface area contributed by atoms with E-state index in [1.54, 1.807) is 13.1 Å². The van der Waals surface area contributed by atoms with Gasteiger partial charge in [-0.1, -0.05) is 0 Å². The molecule has 1 aromatic heterocycles. The molecule has 0 radical (unpaired) electrons. The number of amides is 1. The Morgan fingerprint density at radius 1 is 1.45 bits per heavy atom. The number of aromatic nitrogens is 1. The molecule has 1 aliphatic rings. The lowest BCUT2D eigenvalue weighted by Crippen LogP contribution is -2.41. The highest BCUT2D eigenvalue weighted by Gasteiger charge is 2.26. The van der Waals surface area contributed by atoms with Gasteiger partial charge < -0.3 is 20.1 Å². The molecular formula is C15H17N3O4. The van der Waals surface area contributed by atoms with Crippen LogP contribution in [0.5, 0.6) is 5.75 Å². The van der Waals surface area contributed by atoms with Crippen LogP contribution in [0.2, 0.25) is 0 Å². The summed E-state index contributed by atoms with van der Waals surface area (Å²) in [6.45, 7) is 0.448. The third-order valence-corrected chi connectivity index (χ3v) is 3.85. The van der Waals surface area contributed by atoms with E-state index in [1.807, 2.05) is 12.1 Å². The predicted octanol–water partition coefficient (Wildman–Crippen LogP) is 0.392. The van der Waals surface area contributed by atoms with Crippen molar-refractivity contribution in [1.82, 2.24) is 15.6 Å². The number of rotatable bonds is 4. The fourth-order valence-electron chi connectivity index (χ4n) is 2.65. The van der Waals surface area contributed by atoms with Gasteiger partial charge in [-0.3, -0.25) is 14.9 Å². The molecule has 0 saturated carbocycles. The van der Waals surface area contributed by atoms with E-state index in [1.165, 1.54) is 0 Å². The fraction of sp³-hybridized carbons (Fsp3) is 0.333. The molecule has 1 amide bonds. The van der Waals surface area contributed by atoms with Crippen molar-refractivity contribution in [3.8, 4) is 5.75 Å². The van der Waals surface area contributed by atoms with Crippen molar-refractivity contribution in [3.63, 3.8) is 0 Å². The fourth-order valence-corrected chi connectivity index (χ4v) is 2.65. The van der Waals surface area contributed by atoms with Gasteiger partial charge in [0, 0.05) is 36.6 Å². The average Bonchev–Trinajstić information content (AvgIpc) is 2.89. The zero-order valence-corrected chi connectivity index (χ0v) is 12.1. The van der Waals surface area contributed by atoms with Crippen LogP contribution in [-0.2, 0) is 22.6 Å². The van der Waals surface area contributed by atoms with E-state index in [0.717, 1.165) is 22.2 Å². The van der Waals surface area contributed by atoms with E-state index in [9.17, 15) is 9.59 Å². The minimum atomic E-state index is -0.855. The van der Waals surface area contributed by atoms with E-state index in [2.05, 4.69) is 15.6 Å². The lowest BCUT2D eigenvalue weighted by Gasteiger charge is -2.20. The number of hydrogen-bond donors (Lipinski definition) is 4. The number of carboxylic acid groups (broad SMARTS) is 1. The monoisotopic (exact) mass is 303 g/mol. The smallest absolute Gasteiger partial charge is 0.321 e. The summed E-state index contributed by atoms with van der Waals surface area (Å²) in [4.78, 5) is 25.7. The van der Waals surface area contributed by atoms with Crippen molar-refractivity contribution in [2.24, 2.45) is 0 Å². The van der Waals surface area contributed by atoms with E-state index in [-0.39, 0.29) is 12.5 Å². The molecule has 2 heterocycles. The summed E-state index contributed by atoms with van der Waals surface area (Å²) < 4.78 is 5.44. The molecule has 0 fully saturated rings. The maximum atomic E-state index is 11.2. The third-order valence-electron chi connectivity index (χ3n) is 3.85. The normalized spacial score (nSPS) is 17.0.